The van der Waals surface area contributed by atoms with Crippen molar-refractivity contribution in [3.05, 3.63) is 51.0 Å². The van der Waals surface area contributed by atoms with E-state index in [-0.39, 0.29) is 0 Å². The second-order valence-electron chi connectivity index (χ2n) is 4.74. The van der Waals surface area contributed by atoms with Crippen LogP contribution in [0.1, 0.15) is 19.4 Å². The molecule has 2 aromatic rings. The van der Waals surface area contributed by atoms with Crippen LogP contribution in [0.2, 0.25) is 15.1 Å². The summed E-state index contributed by atoms with van der Waals surface area (Å²) in [4.78, 5) is 0. The smallest absolute Gasteiger partial charge is 0.162 e. The van der Waals surface area contributed by atoms with Crippen LogP contribution in [0.4, 0.5) is 5.69 Å². The molecule has 0 saturated carbocycles. The van der Waals surface area contributed by atoms with Crippen LogP contribution in [-0.2, 0) is 6.54 Å². The fourth-order valence-corrected chi connectivity index (χ4v) is 2.57. The Morgan fingerprint density at radius 3 is 2.09 bits per heavy atom. The van der Waals surface area contributed by atoms with Gasteiger partial charge in [0.1, 0.15) is 0 Å². The Morgan fingerprint density at radius 2 is 1.48 bits per heavy atom. The lowest BCUT2D eigenvalue weighted by Crippen LogP contribution is -2.03. The van der Waals surface area contributed by atoms with Crippen LogP contribution >= 0.6 is 34.8 Å². The van der Waals surface area contributed by atoms with E-state index in [0.29, 0.717) is 46.3 Å². The molecule has 0 fully saturated rings. The van der Waals surface area contributed by atoms with Crippen LogP contribution in [0.3, 0.4) is 0 Å². The predicted molar refractivity (Wildman–Crippen MR) is 97.6 cm³/mol. The molecule has 2 rings (SSSR count). The summed E-state index contributed by atoms with van der Waals surface area (Å²) in [6.45, 7) is 5.49. The average molecular weight is 375 g/mol. The number of hydrogen-bond acceptors (Lipinski definition) is 3. The third-order valence-electron chi connectivity index (χ3n) is 3.12. The van der Waals surface area contributed by atoms with Gasteiger partial charge in [-0.05, 0) is 43.7 Å². The molecule has 0 bridgehead atoms. The van der Waals surface area contributed by atoms with Crippen molar-refractivity contribution in [2.75, 3.05) is 18.5 Å². The second kappa shape index (κ2) is 8.53. The van der Waals surface area contributed by atoms with E-state index in [9.17, 15) is 0 Å². The quantitative estimate of drug-likeness (QED) is 0.639. The van der Waals surface area contributed by atoms with E-state index in [4.69, 9.17) is 44.3 Å². The largest absolute Gasteiger partial charge is 0.490 e. The molecule has 124 valence electrons. The van der Waals surface area contributed by atoms with Crippen molar-refractivity contribution in [2.45, 2.75) is 20.4 Å². The molecule has 0 radical (unpaired) electrons. The fraction of sp³-hybridized carbons (Fsp3) is 0.294. The summed E-state index contributed by atoms with van der Waals surface area (Å²) < 4.78 is 11.2. The number of ether oxygens (including phenoxy) is 2. The maximum atomic E-state index is 6.34. The first-order valence-corrected chi connectivity index (χ1v) is 8.45. The first-order valence-electron chi connectivity index (χ1n) is 7.32. The Kier molecular flexibility index (Phi) is 6.70. The average Bonchev–Trinajstić information content (AvgIpc) is 2.52. The summed E-state index contributed by atoms with van der Waals surface area (Å²) in [6.07, 6.45) is 0. The van der Waals surface area contributed by atoms with E-state index in [1.807, 2.05) is 26.0 Å². The van der Waals surface area contributed by atoms with Crippen molar-refractivity contribution >= 4 is 40.5 Å². The normalized spacial score (nSPS) is 10.5. The summed E-state index contributed by atoms with van der Waals surface area (Å²) in [5.41, 5.74) is 1.77. The summed E-state index contributed by atoms with van der Waals surface area (Å²) in [5.74, 6) is 1.34. The number of hydrogen-bond donors (Lipinski definition) is 1. The number of halogens is 3. The van der Waals surface area contributed by atoms with Gasteiger partial charge in [-0.25, -0.2) is 0 Å². The molecule has 23 heavy (non-hydrogen) atoms. The van der Waals surface area contributed by atoms with Gasteiger partial charge < -0.3 is 14.8 Å². The number of benzene rings is 2. The second-order valence-corrected chi connectivity index (χ2v) is 5.96. The molecule has 1 N–H and O–H groups in total. The van der Waals surface area contributed by atoms with Crippen LogP contribution in [0.25, 0.3) is 0 Å². The van der Waals surface area contributed by atoms with E-state index < -0.39 is 0 Å². The maximum absolute atomic E-state index is 6.34. The zero-order chi connectivity index (χ0) is 16.8. The van der Waals surface area contributed by atoms with E-state index in [0.717, 1.165) is 11.3 Å². The molecule has 0 heterocycles. The number of anilines is 1. The molecule has 0 aliphatic carbocycles. The van der Waals surface area contributed by atoms with Gasteiger partial charge in [-0.1, -0.05) is 34.8 Å². The highest BCUT2D eigenvalue weighted by Gasteiger charge is 2.11. The van der Waals surface area contributed by atoms with E-state index in [2.05, 4.69) is 5.32 Å². The molecule has 3 nitrogen and oxygen atoms in total. The maximum Gasteiger partial charge on any atom is 0.162 e. The zero-order valence-corrected chi connectivity index (χ0v) is 15.2. The van der Waals surface area contributed by atoms with Crippen LogP contribution in [-0.4, -0.2) is 13.2 Å². The first-order chi connectivity index (χ1) is 11.0. The van der Waals surface area contributed by atoms with E-state index >= 15 is 0 Å². The first kappa shape index (κ1) is 18.1. The summed E-state index contributed by atoms with van der Waals surface area (Å²) in [6, 6.07) is 9.05. The highest BCUT2D eigenvalue weighted by Crippen LogP contribution is 2.34. The van der Waals surface area contributed by atoms with Gasteiger partial charge in [0.2, 0.25) is 0 Å². The van der Waals surface area contributed by atoms with Gasteiger partial charge in [0, 0.05) is 23.3 Å². The van der Waals surface area contributed by atoms with Crippen LogP contribution < -0.4 is 14.8 Å². The lowest BCUT2D eigenvalue weighted by molar-refractivity contribution is 0.287. The third kappa shape index (κ3) is 4.84. The molecule has 0 saturated heterocycles. The molecule has 0 spiro atoms. The minimum Gasteiger partial charge on any atom is -0.490 e. The van der Waals surface area contributed by atoms with Gasteiger partial charge in [0.15, 0.2) is 11.5 Å². The number of nitrogens with one attached hydrogen (secondary N) is 1. The summed E-state index contributed by atoms with van der Waals surface area (Å²) in [7, 11) is 0. The lowest BCUT2D eigenvalue weighted by Gasteiger charge is -2.15. The van der Waals surface area contributed by atoms with E-state index in [1.165, 1.54) is 0 Å². The summed E-state index contributed by atoms with van der Waals surface area (Å²) in [5, 5.41) is 4.91. The topological polar surface area (TPSA) is 30.5 Å². The van der Waals surface area contributed by atoms with Crippen molar-refractivity contribution in [3.63, 3.8) is 0 Å². The third-order valence-corrected chi connectivity index (χ3v) is 4.21. The highest BCUT2D eigenvalue weighted by molar-refractivity contribution is 6.42. The standard InChI is InChI=1S/C17H18Cl3NO2/c1-3-22-16-7-11(14(19)9-17(16)23-4-2)10-21-12-5-6-13(18)15(20)8-12/h5-9,21H,3-4,10H2,1-2H3. The van der Waals surface area contributed by atoms with Crippen molar-refractivity contribution in [2.24, 2.45) is 0 Å². The van der Waals surface area contributed by atoms with Crippen molar-refractivity contribution in [1.82, 2.24) is 0 Å². The minimum absolute atomic E-state index is 0.504. The molecular formula is C17H18Cl3NO2. The monoisotopic (exact) mass is 373 g/mol. The van der Waals surface area contributed by atoms with Gasteiger partial charge in [0.05, 0.1) is 23.3 Å². The van der Waals surface area contributed by atoms with Crippen LogP contribution in [0.15, 0.2) is 30.3 Å². The van der Waals surface area contributed by atoms with Crippen molar-refractivity contribution < 1.29 is 9.47 Å². The lowest BCUT2D eigenvalue weighted by atomic mass is 10.2. The Morgan fingerprint density at radius 1 is 0.826 bits per heavy atom. The van der Waals surface area contributed by atoms with Crippen LogP contribution in [0.5, 0.6) is 11.5 Å². The van der Waals surface area contributed by atoms with Gasteiger partial charge in [-0.2, -0.15) is 0 Å². The Labute approximate surface area is 151 Å². The zero-order valence-electron chi connectivity index (χ0n) is 13.0. The summed E-state index contributed by atoms with van der Waals surface area (Å²) >= 11 is 18.3. The molecule has 0 aliphatic heterocycles. The molecule has 6 heteroatoms. The SMILES string of the molecule is CCOc1cc(Cl)c(CNc2ccc(Cl)c(Cl)c2)cc1OCC. The van der Waals surface area contributed by atoms with Gasteiger partial charge in [0.25, 0.3) is 0 Å². The van der Waals surface area contributed by atoms with Gasteiger partial charge >= 0.3 is 0 Å². The molecule has 0 amide bonds. The molecular weight excluding hydrogens is 357 g/mol. The Balaban J connectivity index is 2.18. The van der Waals surface area contributed by atoms with Crippen molar-refractivity contribution in [3.8, 4) is 11.5 Å². The van der Waals surface area contributed by atoms with Gasteiger partial charge in [-0.15, -0.1) is 0 Å². The van der Waals surface area contributed by atoms with E-state index in [1.54, 1.807) is 18.2 Å². The minimum atomic E-state index is 0.504. The predicted octanol–water partition coefficient (Wildman–Crippen LogP) is 6.06. The fourth-order valence-electron chi connectivity index (χ4n) is 2.05. The molecule has 0 atom stereocenters. The Bertz CT molecular complexity index is 677. The molecule has 2 aromatic carbocycles. The Hall–Kier alpha value is -1.29. The number of rotatable bonds is 7. The van der Waals surface area contributed by atoms with Crippen LogP contribution in [0, 0.1) is 0 Å². The highest BCUT2D eigenvalue weighted by atomic mass is 35.5. The van der Waals surface area contributed by atoms with Crippen molar-refractivity contribution in [1.29, 1.82) is 0 Å². The van der Waals surface area contributed by atoms with Gasteiger partial charge in [-0.3, -0.25) is 0 Å². The molecule has 0 unspecified atom stereocenters. The molecule has 0 aromatic heterocycles. The molecule has 0 aliphatic rings.